The van der Waals surface area contributed by atoms with E-state index in [1.54, 1.807) is 24.3 Å². The fourth-order valence-electron chi connectivity index (χ4n) is 2.65. The van der Waals surface area contributed by atoms with Crippen molar-refractivity contribution in [2.75, 3.05) is 6.61 Å². The number of ether oxygens (including phenoxy) is 1. The number of hydrogen-bond acceptors (Lipinski definition) is 4. The van der Waals surface area contributed by atoms with Crippen molar-refractivity contribution in [3.8, 4) is 0 Å². The SMILES string of the molecule is C[C@@H](NC(=O)COC(=O)C[C@H](NC(N)=O)c1ccccc1Cl)c1ccccc1. The second-order valence-electron chi connectivity index (χ2n) is 6.15. The second-order valence-corrected chi connectivity index (χ2v) is 6.55. The first-order valence-corrected chi connectivity index (χ1v) is 9.05. The third-order valence-corrected chi connectivity index (χ3v) is 4.35. The molecule has 148 valence electrons. The van der Waals surface area contributed by atoms with E-state index >= 15 is 0 Å². The Labute approximate surface area is 168 Å². The van der Waals surface area contributed by atoms with Crippen molar-refractivity contribution in [1.29, 1.82) is 0 Å². The summed E-state index contributed by atoms with van der Waals surface area (Å²) in [5, 5.41) is 5.59. The molecule has 0 aliphatic heterocycles. The standard InChI is InChI=1S/C20H22ClN3O4/c1-13(14-7-3-2-4-8-14)23-18(25)12-28-19(26)11-17(24-20(22)27)15-9-5-6-10-16(15)21/h2-10,13,17H,11-12H2,1H3,(H,23,25)(H3,22,24,27)/t13-,17+/m1/s1. The predicted octanol–water partition coefficient (Wildman–Crippen LogP) is 2.86. The quantitative estimate of drug-likeness (QED) is 0.588. The van der Waals surface area contributed by atoms with Gasteiger partial charge in [-0.15, -0.1) is 0 Å². The molecule has 0 aliphatic carbocycles. The topological polar surface area (TPSA) is 111 Å². The lowest BCUT2D eigenvalue weighted by atomic mass is 10.0. The molecule has 2 rings (SSSR count). The summed E-state index contributed by atoms with van der Waals surface area (Å²) in [7, 11) is 0. The molecule has 2 aromatic carbocycles. The van der Waals surface area contributed by atoms with Gasteiger partial charge in [0.2, 0.25) is 0 Å². The Bertz CT molecular complexity index is 829. The first-order chi connectivity index (χ1) is 13.4. The van der Waals surface area contributed by atoms with Gasteiger partial charge >= 0.3 is 12.0 Å². The summed E-state index contributed by atoms with van der Waals surface area (Å²) >= 11 is 6.12. The monoisotopic (exact) mass is 403 g/mol. The summed E-state index contributed by atoms with van der Waals surface area (Å²) in [6.45, 7) is 1.40. The minimum absolute atomic E-state index is 0.214. The van der Waals surface area contributed by atoms with Crippen LogP contribution < -0.4 is 16.4 Å². The zero-order valence-corrected chi connectivity index (χ0v) is 16.1. The predicted molar refractivity (Wildman–Crippen MR) is 105 cm³/mol. The van der Waals surface area contributed by atoms with E-state index in [0.29, 0.717) is 10.6 Å². The van der Waals surface area contributed by atoms with Crippen LogP contribution in [-0.2, 0) is 14.3 Å². The van der Waals surface area contributed by atoms with E-state index < -0.39 is 30.6 Å². The number of carbonyl (C=O) groups excluding carboxylic acids is 3. The molecule has 28 heavy (non-hydrogen) atoms. The van der Waals surface area contributed by atoms with Crippen molar-refractivity contribution in [1.82, 2.24) is 10.6 Å². The first kappa shape index (κ1) is 21.2. The van der Waals surface area contributed by atoms with Crippen LogP contribution >= 0.6 is 11.6 Å². The van der Waals surface area contributed by atoms with Crippen molar-refractivity contribution in [2.24, 2.45) is 5.73 Å². The molecule has 2 aromatic rings. The normalized spacial score (nSPS) is 12.5. The van der Waals surface area contributed by atoms with Crippen molar-refractivity contribution in [3.05, 3.63) is 70.7 Å². The Balaban J connectivity index is 1.89. The van der Waals surface area contributed by atoms with Gasteiger partial charge in [0.05, 0.1) is 18.5 Å². The van der Waals surface area contributed by atoms with Gasteiger partial charge < -0.3 is 21.1 Å². The molecule has 0 aliphatic rings. The van der Waals surface area contributed by atoms with Crippen LogP contribution in [0.1, 0.15) is 36.6 Å². The van der Waals surface area contributed by atoms with Crippen LogP contribution in [0.5, 0.6) is 0 Å². The van der Waals surface area contributed by atoms with Crippen molar-refractivity contribution >= 4 is 29.5 Å². The minimum atomic E-state index is -0.799. The van der Waals surface area contributed by atoms with E-state index in [2.05, 4.69) is 10.6 Å². The van der Waals surface area contributed by atoms with Gasteiger partial charge in [-0.3, -0.25) is 9.59 Å². The summed E-state index contributed by atoms with van der Waals surface area (Å²) in [4.78, 5) is 35.4. The van der Waals surface area contributed by atoms with E-state index in [1.165, 1.54) is 0 Å². The molecule has 3 amide bonds. The Morgan fingerprint density at radius 1 is 1.04 bits per heavy atom. The van der Waals surface area contributed by atoms with Crippen LogP contribution in [0.15, 0.2) is 54.6 Å². The van der Waals surface area contributed by atoms with Gasteiger partial charge in [0.15, 0.2) is 6.61 Å². The van der Waals surface area contributed by atoms with Crippen LogP contribution in [0, 0.1) is 0 Å². The number of esters is 1. The molecule has 0 bridgehead atoms. The number of nitrogens with one attached hydrogen (secondary N) is 2. The lowest BCUT2D eigenvalue weighted by molar-refractivity contribution is -0.149. The van der Waals surface area contributed by atoms with Gasteiger partial charge in [0.1, 0.15) is 0 Å². The van der Waals surface area contributed by atoms with E-state index in [9.17, 15) is 14.4 Å². The van der Waals surface area contributed by atoms with Crippen LogP contribution in [0.3, 0.4) is 0 Å². The number of urea groups is 1. The molecule has 0 aromatic heterocycles. The molecule has 8 heteroatoms. The highest BCUT2D eigenvalue weighted by Crippen LogP contribution is 2.25. The van der Waals surface area contributed by atoms with Crippen LogP contribution in [0.25, 0.3) is 0 Å². The Morgan fingerprint density at radius 2 is 1.68 bits per heavy atom. The van der Waals surface area contributed by atoms with Gasteiger partial charge in [-0.2, -0.15) is 0 Å². The number of hydrogen-bond donors (Lipinski definition) is 3. The number of benzene rings is 2. The van der Waals surface area contributed by atoms with Crippen LogP contribution in [-0.4, -0.2) is 24.5 Å². The zero-order chi connectivity index (χ0) is 20.5. The fourth-order valence-corrected chi connectivity index (χ4v) is 2.92. The number of primary amides is 1. The summed E-state index contributed by atoms with van der Waals surface area (Å²) in [5.41, 5.74) is 6.65. The summed E-state index contributed by atoms with van der Waals surface area (Å²) in [6, 6.07) is 14.4. The molecule has 0 spiro atoms. The lowest BCUT2D eigenvalue weighted by Gasteiger charge is -2.19. The highest BCUT2D eigenvalue weighted by atomic mass is 35.5. The third kappa shape index (κ3) is 6.59. The van der Waals surface area contributed by atoms with Crippen molar-refractivity contribution in [3.63, 3.8) is 0 Å². The molecule has 0 fully saturated rings. The summed E-state index contributed by atoms with van der Waals surface area (Å²) in [6.07, 6.45) is -0.214. The van der Waals surface area contributed by atoms with Gasteiger partial charge in [-0.05, 0) is 24.1 Å². The molecular weight excluding hydrogens is 382 g/mol. The number of nitrogens with two attached hydrogens (primary N) is 1. The van der Waals surface area contributed by atoms with Gasteiger partial charge in [0, 0.05) is 5.02 Å². The van der Waals surface area contributed by atoms with Crippen LogP contribution in [0.2, 0.25) is 5.02 Å². The number of rotatable bonds is 8. The Hall–Kier alpha value is -3.06. The van der Waals surface area contributed by atoms with Crippen LogP contribution in [0.4, 0.5) is 4.79 Å². The molecule has 0 heterocycles. The molecule has 0 radical (unpaired) electrons. The fraction of sp³-hybridized carbons (Fsp3) is 0.250. The number of halogens is 1. The average Bonchev–Trinajstić information content (AvgIpc) is 2.66. The van der Waals surface area contributed by atoms with E-state index in [-0.39, 0.29) is 12.5 Å². The number of carbonyl (C=O) groups is 3. The van der Waals surface area contributed by atoms with E-state index in [0.717, 1.165) is 5.56 Å². The largest absolute Gasteiger partial charge is 0.456 e. The average molecular weight is 404 g/mol. The molecule has 4 N–H and O–H groups in total. The zero-order valence-electron chi connectivity index (χ0n) is 15.4. The highest BCUT2D eigenvalue weighted by Gasteiger charge is 2.21. The molecule has 7 nitrogen and oxygen atoms in total. The minimum Gasteiger partial charge on any atom is -0.456 e. The van der Waals surface area contributed by atoms with Gasteiger partial charge in [-0.25, -0.2) is 4.79 Å². The highest BCUT2D eigenvalue weighted by molar-refractivity contribution is 6.31. The molecular formula is C20H22ClN3O4. The molecule has 0 unspecified atom stereocenters. The summed E-state index contributed by atoms with van der Waals surface area (Å²) in [5.74, 6) is -1.09. The van der Waals surface area contributed by atoms with Gasteiger partial charge in [0.25, 0.3) is 5.91 Å². The van der Waals surface area contributed by atoms with E-state index in [4.69, 9.17) is 22.1 Å². The van der Waals surface area contributed by atoms with Crippen molar-refractivity contribution in [2.45, 2.75) is 25.4 Å². The first-order valence-electron chi connectivity index (χ1n) is 8.67. The number of amides is 3. The maximum absolute atomic E-state index is 12.1. The Kier molecular flexibility index (Phi) is 7.83. The molecule has 2 atom stereocenters. The van der Waals surface area contributed by atoms with E-state index in [1.807, 2.05) is 37.3 Å². The summed E-state index contributed by atoms with van der Waals surface area (Å²) < 4.78 is 5.03. The molecule has 0 saturated heterocycles. The smallest absolute Gasteiger partial charge is 0.312 e. The molecule has 0 saturated carbocycles. The van der Waals surface area contributed by atoms with Crippen molar-refractivity contribution < 1.29 is 19.1 Å². The third-order valence-electron chi connectivity index (χ3n) is 4.01. The Morgan fingerprint density at radius 3 is 2.32 bits per heavy atom. The maximum atomic E-state index is 12.1. The van der Waals surface area contributed by atoms with Gasteiger partial charge in [-0.1, -0.05) is 60.1 Å². The lowest BCUT2D eigenvalue weighted by Crippen LogP contribution is -2.35. The maximum Gasteiger partial charge on any atom is 0.312 e. The second kappa shape index (κ2) is 10.3.